The smallest absolute Gasteiger partial charge is 0.461 e. The molecular weight excluding hydrogens is 507 g/mol. The second-order valence-electron chi connectivity index (χ2n) is 8.65. The highest BCUT2D eigenvalue weighted by molar-refractivity contribution is 5.76. The van der Waals surface area contributed by atoms with Gasteiger partial charge in [-0.1, -0.05) is 36.4 Å². The largest absolute Gasteiger partial charge is 0.508 e. The number of aliphatic hydroxyl groups excluding tert-OH is 1. The normalized spacial score (nSPS) is 17.0. The summed E-state index contributed by atoms with van der Waals surface area (Å²) in [7, 11) is 0. The van der Waals surface area contributed by atoms with Crippen molar-refractivity contribution in [2.24, 2.45) is 0 Å². The highest BCUT2D eigenvalue weighted by Gasteiger charge is 2.44. The third-order valence-electron chi connectivity index (χ3n) is 6.16. The minimum absolute atomic E-state index is 0.00514. The number of phenols is 1. The Labute approximate surface area is 207 Å². The topological polar surface area (TPSA) is 52.9 Å². The molecule has 3 aromatic rings. The average Bonchev–Trinajstić information content (AvgIpc) is 2.83. The van der Waals surface area contributed by atoms with Crippen LogP contribution in [-0.4, -0.2) is 41.6 Å². The number of benzene rings is 3. The van der Waals surface area contributed by atoms with Crippen LogP contribution in [0.5, 0.6) is 11.5 Å². The van der Waals surface area contributed by atoms with E-state index in [-0.39, 0.29) is 17.7 Å². The van der Waals surface area contributed by atoms with Crippen molar-refractivity contribution in [2.45, 2.75) is 43.7 Å². The van der Waals surface area contributed by atoms with Gasteiger partial charge in [0.25, 0.3) is 0 Å². The monoisotopic (exact) mass is 529 g/mol. The van der Waals surface area contributed by atoms with Gasteiger partial charge < -0.3 is 19.8 Å². The number of rotatable bonds is 7. The van der Waals surface area contributed by atoms with E-state index in [0.29, 0.717) is 28.8 Å². The van der Waals surface area contributed by atoms with Gasteiger partial charge in [0.1, 0.15) is 11.5 Å². The van der Waals surface area contributed by atoms with Crippen molar-refractivity contribution in [1.82, 2.24) is 0 Å². The zero-order chi connectivity index (χ0) is 27.0. The van der Waals surface area contributed by atoms with E-state index in [9.17, 15) is 40.9 Å². The molecule has 11 heteroatoms. The quantitative estimate of drug-likeness (QED) is 0.334. The second-order valence-corrected chi connectivity index (χ2v) is 8.65. The van der Waals surface area contributed by atoms with Crippen molar-refractivity contribution in [3.05, 3.63) is 77.9 Å². The van der Waals surface area contributed by atoms with Gasteiger partial charge in [0, 0.05) is 5.69 Å². The van der Waals surface area contributed by atoms with Crippen LogP contribution >= 0.6 is 0 Å². The summed E-state index contributed by atoms with van der Waals surface area (Å²) in [4.78, 5) is 1.33. The van der Waals surface area contributed by atoms with Crippen molar-refractivity contribution in [2.75, 3.05) is 11.4 Å². The molecule has 0 saturated heterocycles. The number of β-amino-alcohol motifs (C(OH)–C–C–N with tert-alkyl or cyclic N) is 1. The van der Waals surface area contributed by atoms with Crippen molar-refractivity contribution >= 4 is 5.69 Å². The molecule has 0 bridgehead atoms. The predicted octanol–water partition coefficient (Wildman–Crippen LogP) is 6.71. The summed E-state index contributed by atoms with van der Waals surface area (Å²) in [6, 6.07) is 15.4. The molecule has 2 unspecified atom stereocenters. The Morgan fingerprint density at radius 1 is 0.946 bits per heavy atom. The summed E-state index contributed by atoms with van der Waals surface area (Å²) in [5, 5.41) is 19.8. The zero-order valence-corrected chi connectivity index (χ0v) is 19.1. The molecule has 1 heterocycles. The van der Waals surface area contributed by atoms with Crippen LogP contribution in [0.3, 0.4) is 0 Å². The van der Waals surface area contributed by atoms with E-state index in [1.165, 1.54) is 29.2 Å². The number of hydrogen-bond donors (Lipinski definition) is 2. The van der Waals surface area contributed by atoms with Crippen molar-refractivity contribution in [3.63, 3.8) is 0 Å². The van der Waals surface area contributed by atoms with E-state index in [2.05, 4.69) is 4.74 Å². The maximum atomic E-state index is 13.5. The highest BCUT2D eigenvalue weighted by atomic mass is 19.4. The van der Waals surface area contributed by atoms with Gasteiger partial charge >= 0.3 is 18.7 Å². The minimum atomic E-state index is -4.92. The molecule has 37 heavy (non-hydrogen) atoms. The molecule has 2 N–H and O–H groups in total. The van der Waals surface area contributed by atoms with Crippen LogP contribution in [0.1, 0.15) is 23.6 Å². The molecule has 2 atom stereocenters. The van der Waals surface area contributed by atoms with Gasteiger partial charge in [0.2, 0.25) is 0 Å². The van der Waals surface area contributed by atoms with Crippen LogP contribution in [0.4, 0.5) is 36.4 Å². The first-order chi connectivity index (χ1) is 17.4. The molecule has 1 aliphatic heterocycles. The zero-order valence-electron chi connectivity index (χ0n) is 19.1. The Hall–Kier alpha value is -3.47. The number of halogens is 7. The molecule has 3 aromatic carbocycles. The number of anilines is 1. The number of aromatic hydroxyl groups is 1. The molecule has 0 aromatic heterocycles. The summed E-state index contributed by atoms with van der Waals surface area (Å²) in [6.45, 7) is -0.858. The summed E-state index contributed by atoms with van der Waals surface area (Å²) in [5.41, 5.74) is 2.62. The van der Waals surface area contributed by atoms with Gasteiger partial charge in [0.05, 0.1) is 12.6 Å². The molecular formula is C26H22F7NO3. The lowest BCUT2D eigenvalue weighted by Crippen LogP contribution is -2.44. The Balaban J connectivity index is 1.76. The first-order valence-corrected chi connectivity index (χ1v) is 11.2. The van der Waals surface area contributed by atoms with Gasteiger partial charge in [0.15, 0.2) is 6.10 Å². The van der Waals surface area contributed by atoms with Crippen molar-refractivity contribution in [3.8, 4) is 22.6 Å². The maximum Gasteiger partial charge on any atom is 0.461 e. The van der Waals surface area contributed by atoms with Crippen molar-refractivity contribution in [1.29, 1.82) is 0 Å². The van der Waals surface area contributed by atoms with Gasteiger partial charge in [-0.2, -0.15) is 30.7 Å². The molecule has 0 fully saturated rings. The second kappa shape index (κ2) is 10.1. The minimum Gasteiger partial charge on any atom is -0.508 e. The third-order valence-corrected chi connectivity index (χ3v) is 6.16. The number of fused-ring (bicyclic) bond motifs is 1. The molecule has 4 rings (SSSR count). The lowest BCUT2D eigenvalue weighted by Gasteiger charge is -2.41. The average molecular weight is 529 g/mol. The number of ether oxygens (including phenoxy) is 1. The summed E-state index contributed by atoms with van der Waals surface area (Å²) in [5.74, 6) is -0.566. The number of aliphatic hydroxyl groups is 1. The van der Waals surface area contributed by atoms with Gasteiger partial charge in [-0.3, -0.25) is 0 Å². The van der Waals surface area contributed by atoms with Gasteiger partial charge in [-0.25, -0.2) is 0 Å². The van der Waals surface area contributed by atoms with Gasteiger partial charge in [-0.05, 0) is 65.4 Å². The van der Waals surface area contributed by atoms with Crippen LogP contribution in [-0.2, 0) is 6.42 Å². The van der Waals surface area contributed by atoms with Crippen molar-refractivity contribution < 1.29 is 45.7 Å². The fourth-order valence-electron chi connectivity index (χ4n) is 4.50. The standard InChI is InChI=1S/C26H22F7NO3/c27-24(28)26(32,33)37-18-7-2-5-16(13-18)21-11-10-20-19(15-4-1-6-17(35)12-15)8-3-9-22(20)34(21)14-23(36)25(29,30)31/h1-9,12-13,21,23-24,35-36H,10-11,14H2. The lowest BCUT2D eigenvalue weighted by molar-refractivity contribution is -0.253. The molecule has 4 nitrogen and oxygen atoms in total. The number of hydrogen-bond acceptors (Lipinski definition) is 4. The molecule has 198 valence electrons. The summed E-state index contributed by atoms with van der Waals surface area (Å²) in [6.07, 6.45) is -15.9. The van der Waals surface area contributed by atoms with Crippen LogP contribution in [0.2, 0.25) is 0 Å². The first kappa shape index (κ1) is 26.6. The van der Waals surface area contributed by atoms with E-state index >= 15 is 0 Å². The molecule has 0 amide bonds. The first-order valence-electron chi connectivity index (χ1n) is 11.2. The van der Waals surface area contributed by atoms with Gasteiger partial charge in [-0.15, -0.1) is 0 Å². The van der Waals surface area contributed by atoms with Crippen LogP contribution in [0.25, 0.3) is 11.1 Å². The summed E-state index contributed by atoms with van der Waals surface area (Å²) >= 11 is 0. The van der Waals surface area contributed by atoms with E-state index in [1.54, 1.807) is 30.3 Å². The van der Waals surface area contributed by atoms with Crippen LogP contribution in [0, 0.1) is 0 Å². The van der Waals surface area contributed by atoms with E-state index < -0.39 is 43.2 Å². The highest BCUT2D eigenvalue weighted by Crippen LogP contribution is 2.44. The SMILES string of the molecule is Oc1cccc(-c2cccc3c2CCC(c2cccc(OC(F)(F)C(F)F)c2)N3CC(O)C(F)(F)F)c1. The summed E-state index contributed by atoms with van der Waals surface area (Å²) < 4.78 is 96.3. The van der Waals surface area contributed by atoms with Crippen LogP contribution in [0.15, 0.2) is 66.7 Å². The molecule has 0 saturated carbocycles. The van der Waals surface area contributed by atoms with E-state index in [1.807, 2.05) is 0 Å². The van der Waals surface area contributed by atoms with Crippen LogP contribution < -0.4 is 9.64 Å². The van der Waals surface area contributed by atoms with E-state index in [4.69, 9.17) is 0 Å². The lowest BCUT2D eigenvalue weighted by atomic mass is 9.86. The Kier molecular flexibility index (Phi) is 7.27. The number of alkyl halides is 7. The molecule has 0 aliphatic carbocycles. The Morgan fingerprint density at radius 3 is 2.32 bits per heavy atom. The Morgan fingerprint density at radius 2 is 1.65 bits per heavy atom. The third kappa shape index (κ3) is 5.76. The number of phenolic OH excluding ortho intramolecular Hbond substituents is 1. The molecule has 1 aliphatic rings. The fraction of sp³-hybridized carbons (Fsp3) is 0.308. The van der Waals surface area contributed by atoms with E-state index in [0.717, 1.165) is 12.1 Å². The predicted molar refractivity (Wildman–Crippen MR) is 122 cm³/mol. The molecule has 0 radical (unpaired) electrons. The fourth-order valence-corrected chi connectivity index (χ4v) is 4.50. The molecule has 0 spiro atoms. The number of nitrogens with zero attached hydrogens (tertiary/aromatic N) is 1. The Bertz CT molecular complexity index is 1250. The maximum absolute atomic E-state index is 13.5.